The summed E-state index contributed by atoms with van der Waals surface area (Å²) in [7, 11) is 0. The van der Waals surface area contributed by atoms with Crippen molar-refractivity contribution in [1.82, 2.24) is 0 Å². The Hall–Kier alpha value is -0.0169. The van der Waals surface area contributed by atoms with E-state index in [4.69, 9.17) is 15.3 Å². The minimum Gasteiger partial charge on any atom is -0.396 e. The van der Waals surface area contributed by atoms with Crippen LogP contribution in [0.1, 0.15) is 59.4 Å². The van der Waals surface area contributed by atoms with Crippen LogP contribution in [0.3, 0.4) is 0 Å². The maximum absolute atomic E-state index is 7.88. The molecule has 0 unspecified atom stereocenters. The van der Waals surface area contributed by atoms with Crippen molar-refractivity contribution in [2.45, 2.75) is 59.3 Å². The third kappa shape index (κ3) is 30.4. The summed E-state index contributed by atoms with van der Waals surface area (Å²) < 4.78 is 0. The largest absolute Gasteiger partial charge is 0.396 e. The predicted octanol–water partition coefficient (Wildman–Crippen LogP) is 3.96. The molecule has 0 aliphatic rings. The maximum Gasteiger partial charge on any atom is 0.0428 e. The fourth-order valence-corrected chi connectivity index (χ4v) is 0.889. The molecular weight excluding hydrogens is 367 g/mol. The summed E-state index contributed by atoms with van der Waals surface area (Å²) in [6.45, 7) is 15.0. The van der Waals surface area contributed by atoms with Crippen LogP contribution in [-0.4, -0.2) is 35.1 Å². The smallest absolute Gasteiger partial charge is 0.0428 e. The molecule has 0 bridgehead atoms. The van der Waals surface area contributed by atoms with Gasteiger partial charge in [-0.25, -0.2) is 0 Å². The van der Waals surface area contributed by atoms with Gasteiger partial charge in [0.25, 0.3) is 0 Å². The van der Waals surface area contributed by atoms with Crippen LogP contribution in [0.15, 0.2) is 30.3 Å². The quantitative estimate of drug-likeness (QED) is 0.666. The Balaban J connectivity index is -0.000000118. The Morgan fingerprint density at radius 1 is 0.783 bits per heavy atom. The Labute approximate surface area is 163 Å². The summed E-state index contributed by atoms with van der Waals surface area (Å²) >= 11 is 0. The molecule has 0 radical (unpaired) electrons. The number of rotatable bonds is 4. The van der Waals surface area contributed by atoms with E-state index in [1.807, 2.05) is 39.0 Å². The average Bonchev–Trinajstić information content (AvgIpc) is 2.55. The normalized spacial score (nSPS) is 8.91. The van der Waals surface area contributed by atoms with Gasteiger partial charge in [-0.3, -0.25) is 0 Å². The van der Waals surface area contributed by atoms with Crippen molar-refractivity contribution in [2.75, 3.05) is 19.8 Å². The standard InChI is InChI=1S/C10H13.3C3H8O.Zr/c1-10(2,3)9-7-5-4-6-8-9;3*1-2-3-4;/h4-8H,1H2,2-3H3;3*4H,2-3H2,1H3;/q-1;;;;. The van der Waals surface area contributed by atoms with Crippen LogP contribution >= 0.6 is 0 Å². The molecular formula is C19H37O3Zr-. The van der Waals surface area contributed by atoms with E-state index < -0.39 is 0 Å². The molecule has 1 aromatic rings. The molecule has 4 heteroatoms. The van der Waals surface area contributed by atoms with Gasteiger partial charge in [0.15, 0.2) is 0 Å². The molecule has 0 saturated heterocycles. The fourth-order valence-electron chi connectivity index (χ4n) is 0.889. The number of hydrogen-bond acceptors (Lipinski definition) is 3. The molecule has 0 aliphatic heterocycles. The van der Waals surface area contributed by atoms with Gasteiger partial charge in [-0.15, -0.1) is 5.41 Å². The topological polar surface area (TPSA) is 60.7 Å². The van der Waals surface area contributed by atoms with Crippen molar-refractivity contribution in [1.29, 1.82) is 0 Å². The Bertz CT molecular complexity index is 269. The maximum atomic E-state index is 7.88. The Morgan fingerprint density at radius 2 is 1.04 bits per heavy atom. The van der Waals surface area contributed by atoms with Gasteiger partial charge >= 0.3 is 0 Å². The van der Waals surface area contributed by atoms with E-state index in [0.29, 0.717) is 19.8 Å². The number of aliphatic hydroxyl groups excluding tert-OH is 3. The van der Waals surface area contributed by atoms with E-state index >= 15 is 0 Å². The summed E-state index contributed by atoms with van der Waals surface area (Å²) in [5.74, 6) is 0. The molecule has 0 spiro atoms. The van der Waals surface area contributed by atoms with Gasteiger partial charge in [0.1, 0.15) is 0 Å². The molecule has 23 heavy (non-hydrogen) atoms. The van der Waals surface area contributed by atoms with Crippen molar-refractivity contribution in [3.63, 3.8) is 0 Å². The van der Waals surface area contributed by atoms with Crippen LogP contribution in [0.4, 0.5) is 0 Å². The first-order valence-electron chi connectivity index (χ1n) is 8.08. The molecule has 1 aromatic carbocycles. The van der Waals surface area contributed by atoms with Crippen molar-refractivity contribution in [2.24, 2.45) is 0 Å². The second-order valence-corrected chi connectivity index (χ2v) is 5.42. The van der Waals surface area contributed by atoms with Gasteiger partial charge in [0.05, 0.1) is 0 Å². The van der Waals surface area contributed by atoms with Crippen LogP contribution in [0.2, 0.25) is 0 Å². The van der Waals surface area contributed by atoms with Crippen molar-refractivity contribution >= 4 is 0 Å². The first kappa shape index (κ1) is 30.8. The third-order valence-corrected chi connectivity index (χ3v) is 2.23. The van der Waals surface area contributed by atoms with Gasteiger partial charge in [0.2, 0.25) is 0 Å². The molecule has 0 atom stereocenters. The fraction of sp³-hybridized carbons (Fsp3) is 0.632. The van der Waals surface area contributed by atoms with Crippen LogP contribution in [-0.2, 0) is 31.6 Å². The number of benzene rings is 1. The van der Waals surface area contributed by atoms with Crippen LogP contribution in [0, 0.1) is 6.92 Å². The molecule has 0 heterocycles. The molecule has 1 rings (SSSR count). The van der Waals surface area contributed by atoms with Crippen LogP contribution < -0.4 is 0 Å². The minimum atomic E-state index is 0. The van der Waals surface area contributed by atoms with Gasteiger partial charge in [-0.1, -0.05) is 70.5 Å². The number of aliphatic hydroxyl groups is 3. The zero-order valence-electron chi connectivity index (χ0n) is 15.7. The monoisotopic (exact) mass is 403 g/mol. The molecule has 136 valence electrons. The summed E-state index contributed by atoms with van der Waals surface area (Å²) in [6.07, 6.45) is 2.62. The summed E-state index contributed by atoms with van der Waals surface area (Å²) in [6, 6.07) is 10.3. The summed E-state index contributed by atoms with van der Waals surface area (Å²) in [5, 5.41) is 23.6. The Morgan fingerprint density at radius 3 is 1.17 bits per heavy atom. The summed E-state index contributed by atoms with van der Waals surface area (Å²) in [4.78, 5) is 0. The molecule has 0 aliphatic carbocycles. The second-order valence-electron chi connectivity index (χ2n) is 5.42. The van der Waals surface area contributed by atoms with Crippen LogP contribution in [0.5, 0.6) is 0 Å². The van der Waals surface area contributed by atoms with E-state index in [1.165, 1.54) is 5.56 Å². The molecule has 0 saturated carbocycles. The molecule has 0 fully saturated rings. The zero-order valence-corrected chi connectivity index (χ0v) is 18.1. The second kappa shape index (κ2) is 24.2. The van der Waals surface area contributed by atoms with Gasteiger partial charge < -0.3 is 22.2 Å². The predicted molar refractivity (Wildman–Crippen MR) is 97.0 cm³/mol. The van der Waals surface area contributed by atoms with Crippen LogP contribution in [0.25, 0.3) is 0 Å². The van der Waals surface area contributed by atoms with E-state index in [1.54, 1.807) is 0 Å². The summed E-state index contributed by atoms with van der Waals surface area (Å²) in [5.41, 5.74) is 1.33. The Kier molecular flexibility index (Phi) is 32.5. The third-order valence-electron chi connectivity index (χ3n) is 2.23. The van der Waals surface area contributed by atoms with Gasteiger partial charge in [-0.2, -0.15) is 0 Å². The van der Waals surface area contributed by atoms with E-state index in [9.17, 15) is 0 Å². The van der Waals surface area contributed by atoms with E-state index in [-0.39, 0.29) is 31.6 Å². The molecule has 0 aromatic heterocycles. The van der Waals surface area contributed by atoms with Crippen molar-refractivity contribution < 1.29 is 41.5 Å². The van der Waals surface area contributed by atoms with E-state index in [2.05, 4.69) is 32.9 Å². The molecule has 3 nitrogen and oxygen atoms in total. The van der Waals surface area contributed by atoms with Crippen molar-refractivity contribution in [3.8, 4) is 0 Å². The van der Waals surface area contributed by atoms with E-state index in [0.717, 1.165) is 19.3 Å². The van der Waals surface area contributed by atoms with Crippen molar-refractivity contribution in [3.05, 3.63) is 42.8 Å². The molecule has 3 N–H and O–H groups in total. The first-order valence-corrected chi connectivity index (χ1v) is 8.08. The molecule has 0 amide bonds. The SMILES string of the molecule is CCCO.CCCO.CCCO.[CH2-]C(C)(C)c1ccccc1.[Zr]. The van der Waals surface area contributed by atoms with Gasteiger partial charge in [-0.05, 0) is 19.3 Å². The zero-order chi connectivity index (χ0) is 17.9. The average molecular weight is 405 g/mol. The number of hydrogen-bond donors (Lipinski definition) is 3. The first-order chi connectivity index (χ1) is 10.3. The van der Waals surface area contributed by atoms with Gasteiger partial charge in [0, 0.05) is 46.0 Å². The minimum absolute atomic E-state index is 0.